The molecule has 0 saturated carbocycles. The summed E-state index contributed by atoms with van der Waals surface area (Å²) < 4.78 is 10.2. The van der Waals surface area contributed by atoms with Gasteiger partial charge in [-0.3, -0.25) is 9.59 Å². The van der Waals surface area contributed by atoms with E-state index in [9.17, 15) is 9.59 Å². The molecule has 0 aliphatic heterocycles. The lowest BCUT2D eigenvalue weighted by atomic mass is 10.2. The largest absolute Gasteiger partial charge is 0.463 e. The second kappa shape index (κ2) is 8.00. The average Bonchev–Trinajstić information content (AvgIpc) is 2.85. The first-order valence-corrected chi connectivity index (χ1v) is 6.81. The van der Waals surface area contributed by atoms with E-state index in [4.69, 9.17) is 9.47 Å². The molecule has 0 N–H and O–H groups in total. The van der Waals surface area contributed by atoms with E-state index in [2.05, 4.69) is 0 Å². The molecular formula is C13H18O4S. The summed E-state index contributed by atoms with van der Waals surface area (Å²) in [7, 11) is 0. The van der Waals surface area contributed by atoms with Crippen LogP contribution in [0.3, 0.4) is 0 Å². The summed E-state index contributed by atoms with van der Waals surface area (Å²) in [4.78, 5) is 23.6. The fourth-order valence-electron chi connectivity index (χ4n) is 1.29. The Balaban J connectivity index is 2.12. The number of ketones is 1. The van der Waals surface area contributed by atoms with E-state index >= 15 is 0 Å². The fraction of sp³-hybridized carbons (Fsp3) is 0.538. The zero-order chi connectivity index (χ0) is 13.4. The fourth-order valence-corrected chi connectivity index (χ4v) is 1.98. The molecule has 0 unspecified atom stereocenters. The summed E-state index contributed by atoms with van der Waals surface area (Å²) in [5.41, 5.74) is 0. The second-order valence-corrected chi connectivity index (χ2v) is 4.99. The van der Waals surface area contributed by atoms with Gasteiger partial charge in [0.2, 0.25) is 0 Å². The van der Waals surface area contributed by atoms with Crippen molar-refractivity contribution in [2.24, 2.45) is 0 Å². The topological polar surface area (TPSA) is 52.6 Å². The Kier molecular flexibility index (Phi) is 6.60. The number of hydrogen-bond acceptors (Lipinski definition) is 5. The van der Waals surface area contributed by atoms with E-state index < -0.39 is 0 Å². The smallest absolute Gasteiger partial charge is 0.306 e. The van der Waals surface area contributed by atoms with E-state index in [-0.39, 0.29) is 37.3 Å². The van der Waals surface area contributed by atoms with Crippen molar-refractivity contribution in [2.75, 3.05) is 13.2 Å². The number of Topliss-reactive ketones (excluding diaryl/α,β-unsaturated/α-hetero) is 1. The van der Waals surface area contributed by atoms with Gasteiger partial charge in [-0.05, 0) is 25.3 Å². The average molecular weight is 270 g/mol. The molecule has 18 heavy (non-hydrogen) atoms. The standard InChI is InChI=1S/C13H18O4S/c1-10(2)16-7-8-17-13(15)6-5-11(14)12-4-3-9-18-12/h3-4,9-10H,5-8H2,1-2H3. The lowest BCUT2D eigenvalue weighted by Crippen LogP contribution is -2.14. The van der Waals surface area contributed by atoms with Crippen molar-refractivity contribution in [1.29, 1.82) is 0 Å². The highest BCUT2D eigenvalue weighted by Gasteiger charge is 2.10. The second-order valence-electron chi connectivity index (χ2n) is 4.04. The maximum absolute atomic E-state index is 11.6. The van der Waals surface area contributed by atoms with Gasteiger partial charge in [-0.2, -0.15) is 0 Å². The van der Waals surface area contributed by atoms with Crippen molar-refractivity contribution < 1.29 is 19.1 Å². The van der Waals surface area contributed by atoms with E-state index in [0.29, 0.717) is 11.5 Å². The predicted molar refractivity (Wildman–Crippen MR) is 69.9 cm³/mol. The maximum atomic E-state index is 11.6. The maximum Gasteiger partial charge on any atom is 0.306 e. The van der Waals surface area contributed by atoms with Crippen LogP contribution in [0.4, 0.5) is 0 Å². The van der Waals surface area contributed by atoms with Gasteiger partial charge in [-0.15, -0.1) is 11.3 Å². The van der Waals surface area contributed by atoms with E-state index in [1.807, 2.05) is 25.3 Å². The number of esters is 1. The molecule has 1 aromatic heterocycles. The lowest BCUT2D eigenvalue weighted by molar-refractivity contribution is -0.145. The van der Waals surface area contributed by atoms with Gasteiger partial charge in [0, 0.05) is 6.42 Å². The summed E-state index contributed by atoms with van der Waals surface area (Å²) in [6.45, 7) is 4.47. The highest BCUT2D eigenvalue weighted by atomic mass is 32.1. The minimum Gasteiger partial charge on any atom is -0.463 e. The van der Waals surface area contributed by atoms with Crippen LogP contribution in [0, 0.1) is 0 Å². The molecule has 0 spiro atoms. The van der Waals surface area contributed by atoms with Crippen LogP contribution in [-0.2, 0) is 14.3 Å². The van der Waals surface area contributed by atoms with E-state index in [1.54, 1.807) is 6.07 Å². The molecule has 0 atom stereocenters. The monoisotopic (exact) mass is 270 g/mol. The van der Waals surface area contributed by atoms with Gasteiger partial charge in [-0.1, -0.05) is 6.07 Å². The zero-order valence-electron chi connectivity index (χ0n) is 10.7. The summed E-state index contributed by atoms with van der Waals surface area (Å²) >= 11 is 1.39. The Bertz CT molecular complexity index is 370. The minimum atomic E-state index is -0.354. The molecule has 4 nitrogen and oxygen atoms in total. The molecule has 5 heteroatoms. The molecule has 0 radical (unpaired) electrons. The van der Waals surface area contributed by atoms with Crippen LogP contribution in [0.5, 0.6) is 0 Å². The summed E-state index contributed by atoms with van der Waals surface area (Å²) in [5, 5.41) is 1.84. The molecule has 1 rings (SSSR count). The SMILES string of the molecule is CC(C)OCCOC(=O)CCC(=O)c1cccs1. The first kappa shape index (κ1) is 14.9. The molecule has 0 aliphatic carbocycles. The van der Waals surface area contributed by atoms with Crippen molar-refractivity contribution in [3.63, 3.8) is 0 Å². The van der Waals surface area contributed by atoms with Gasteiger partial charge in [-0.25, -0.2) is 0 Å². The molecule has 100 valence electrons. The molecule has 0 amide bonds. The third kappa shape index (κ3) is 5.93. The molecule has 0 aromatic carbocycles. The number of carbonyl (C=O) groups excluding carboxylic acids is 2. The Morgan fingerprint density at radius 1 is 1.28 bits per heavy atom. The third-order valence-corrected chi connectivity index (χ3v) is 3.06. The Morgan fingerprint density at radius 2 is 2.06 bits per heavy atom. The summed E-state index contributed by atoms with van der Waals surface area (Å²) in [5.74, 6) is -0.368. The normalized spacial score (nSPS) is 10.6. The van der Waals surface area contributed by atoms with Crippen LogP contribution in [-0.4, -0.2) is 31.1 Å². The number of rotatable bonds is 8. The highest BCUT2D eigenvalue weighted by molar-refractivity contribution is 7.12. The lowest BCUT2D eigenvalue weighted by Gasteiger charge is -2.07. The van der Waals surface area contributed by atoms with Crippen LogP contribution in [0.2, 0.25) is 0 Å². The molecule has 1 aromatic rings. The number of hydrogen-bond donors (Lipinski definition) is 0. The van der Waals surface area contributed by atoms with Gasteiger partial charge in [0.05, 0.1) is 24.0 Å². The molecular weight excluding hydrogens is 252 g/mol. The molecule has 0 saturated heterocycles. The van der Waals surface area contributed by atoms with Gasteiger partial charge >= 0.3 is 5.97 Å². The van der Waals surface area contributed by atoms with Crippen LogP contribution in [0.25, 0.3) is 0 Å². The van der Waals surface area contributed by atoms with E-state index in [0.717, 1.165) is 0 Å². The van der Waals surface area contributed by atoms with Crippen molar-refractivity contribution in [2.45, 2.75) is 32.8 Å². The van der Waals surface area contributed by atoms with Gasteiger partial charge < -0.3 is 9.47 Å². The minimum absolute atomic E-state index is 0.0135. The van der Waals surface area contributed by atoms with Crippen molar-refractivity contribution in [3.8, 4) is 0 Å². The Labute approximate surface area is 111 Å². The van der Waals surface area contributed by atoms with Gasteiger partial charge in [0.1, 0.15) is 6.61 Å². The van der Waals surface area contributed by atoms with Crippen LogP contribution in [0.1, 0.15) is 36.4 Å². The van der Waals surface area contributed by atoms with Crippen molar-refractivity contribution >= 4 is 23.1 Å². The first-order chi connectivity index (χ1) is 8.59. The summed E-state index contributed by atoms with van der Waals surface area (Å²) in [6, 6.07) is 3.58. The van der Waals surface area contributed by atoms with Crippen molar-refractivity contribution in [1.82, 2.24) is 0 Å². The Hall–Kier alpha value is -1.20. The van der Waals surface area contributed by atoms with Gasteiger partial charge in [0.15, 0.2) is 5.78 Å². The first-order valence-electron chi connectivity index (χ1n) is 5.93. The van der Waals surface area contributed by atoms with Crippen LogP contribution < -0.4 is 0 Å². The van der Waals surface area contributed by atoms with Gasteiger partial charge in [0.25, 0.3) is 0 Å². The number of carbonyl (C=O) groups is 2. The number of ether oxygens (including phenoxy) is 2. The third-order valence-electron chi connectivity index (χ3n) is 2.15. The van der Waals surface area contributed by atoms with Crippen molar-refractivity contribution in [3.05, 3.63) is 22.4 Å². The quantitative estimate of drug-likeness (QED) is 0.414. The summed E-state index contributed by atoms with van der Waals surface area (Å²) in [6.07, 6.45) is 0.451. The molecule has 0 bridgehead atoms. The van der Waals surface area contributed by atoms with Crippen LogP contribution >= 0.6 is 11.3 Å². The Morgan fingerprint density at radius 3 is 2.67 bits per heavy atom. The molecule has 1 heterocycles. The molecule has 0 aliphatic rings. The number of thiophene rings is 1. The van der Waals surface area contributed by atoms with E-state index in [1.165, 1.54) is 11.3 Å². The zero-order valence-corrected chi connectivity index (χ0v) is 11.5. The predicted octanol–water partition coefficient (Wildman–Crippen LogP) is 2.68. The highest BCUT2D eigenvalue weighted by Crippen LogP contribution is 2.12. The molecule has 0 fully saturated rings. The van der Waals surface area contributed by atoms with Crippen LogP contribution in [0.15, 0.2) is 17.5 Å².